The number of amides is 1. The highest BCUT2D eigenvalue weighted by Gasteiger charge is 2.42. The minimum atomic E-state index is -1.12. The first-order valence-corrected chi connectivity index (χ1v) is 7.53. The van der Waals surface area contributed by atoms with Crippen molar-refractivity contribution >= 4 is 29.0 Å². The van der Waals surface area contributed by atoms with E-state index < -0.39 is 11.5 Å². The number of carboxylic acid groups (broad SMARTS) is 1. The Bertz CT molecular complexity index is 503. The Kier molecular flexibility index (Phi) is 4.54. The fraction of sp³-hybridized carbons (Fsp3) is 0.500. The van der Waals surface area contributed by atoms with Crippen LogP contribution in [0.3, 0.4) is 0 Å². The van der Waals surface area contributed by atoms with E-state index in [0.29, 0.717) is 17.7 Å². The third kappa shape index (κ3) is 3.25. The van der Waals surface area contributed by atoms with Crippen molar-refractivity contribution in [2.24, 2.45) is 0 Å². The van der Waals surface area contributed by atoms with Gasteiger partial charge in [-0.1, -0.05) is 18.9 Å². The van der Waals surface area contributed by atoms with Crippen LogP contribution in [-0.2, 0) is 9.59 Å². The van der Waals surface area contributed by atoms with Crippen LogP contribution in [0.15, 0.2) is 17.5 Å². The van der Waals surface area contributed by atoms with Crippen LogP contribution in [0.25, 0.3) is 0 Å². The van der Waals surface area contributed by atoms with Crippen LogP contribution in [-0.4, -0.2) is 28.3 Å². The molecule has 20 heavy (non-hydrogen) atoms. The smallest absolute Gasteiger partial charge is 0.329 e. The summed E-state index contributed by atoms with van der Waals surface area (Å²) in [7, 11) is 0. The Morgan fingerprint density at radius 3 is 2.50 bits per heavy atom. The molecule has 1 saturated carbocycles. The average Bonchev–Trinajstić information content (AvgIpc) is 3.07. The number of nitrogens with one attached hydrogen (secondary N) is 1. The van der Waals surface area contributed by atoms with Gasteiger partial charge in [0.1, 0.15) is 5.54 Å². The molecule has 0 atom stereocenters. The van der Waals surface area contributed by atoms with E-state index in [9.17, 15) is 19.5 Å². The molecule has 0 bridgehead atoms. The number of hydrogen-bond acceptors (Lipinski definition) is 4. The monoisotopic (exact) mass is 295 g/mol. The number of carbonyl (C=O) groups is 3. The van der Waals surface area contributed by atoms with Crippen LogP contribution in [0, 0.1) is 0 Å². The average molecular weight is 295 g/mol. The topological polar surface area (TPSA) is 83.5 Å². The summed E-state index contributed by atoms with van der Waals surface area (Å²) in [5, 5.41) is 13.7. The largest absolute Gasteiger partial charge is 0.480 e. The molecule has 1 aliphatic rings. The molecule has 1 aromatic rings. The Hall–Kier alpha value is -1.69. The number of ketones is 1. The predicted octanol–water partition coefficient (Wildman–Crippen LogP) is 2.22. The van der Waals surface area contributed by atoms with Crippen molar-refractivity contribution in [3.05, 3.63) is 22.4 Å². The maximum atomic E-state index is 11.9. The van der Waals surface area contributed by atoms with Crippen molar-refractivity contribution in [2.75, 3.05) is 0 Å². The molecular formula is C14H17NO4S. The minimum absolute atomic E-state index is 0.0335. The molecule has 0 radical (unpaired) electrons. The standard InChI is InChI=1S/C14H17NO4S/c16-10(11-4-3-9-20-11)5-6-12(17)15-14(13(18)19)7-1-2-8-14/h3-4,9H,1-2,5-8H2,(H,15,17)(H,18,19). The van der Waals surface area contributed by atoms with Crippen LogP contribution in [0.5, 0.6) is 0 Å². The molecule has 1 amide bonds. The molecule has 1 aromatic heterocycles. The highest BCUT2D eigenvalue weighted by atomic mass is 32.1. The van der Waals surface area contributed by atoms with Gasteiger partial charge in [-0.3, -0.25) is 9.59 Å². The fourth-order valence-corrected chi connectivity index (χ4v) is 3.18. The van der Waals surface area contributed by atoms with Gasteiger partial charge >= 0.3 is 5.97 Å². The number of hydrogen-bond donors (Lipinski definition) is 2. The SMILES string of the molecule is O=C(CCC(=O)c1cccs1)NC1(C(=O)O)CCCC1. The number of thiophene rings is 1. The van der Waals surface area contributed by atoms with E-state index in [1.807, 2.05) is 5.38 Å². The van der Waals surface area contributed by atoms with Crippen molar-refractivity contribution < 1.29 is 19.5 Å². The zero-order chi connectivity index (χ0) is 14.6. The van der Waals surface area contributed by atoms with E-state index in [1.54, 1.807) is 12.1 Å². The Morgan fingerprint density at radius 1 is 1.25 bits per heavy atom. The number of carbonyl (C=O) groups excluding carboxylic acids is 2. The predicted molar refractivity (Wildman–Crippen MR) is 74.9 cm³/mol. The molecule has 2 N–H and O–H groups in total. The second kappa shape index (κ2) is 6.17. The number of aliphatic carboxylic acids is 1. The van der Waals surface area contributed by atoms with E-state index >= 15 is 0 Å². The number of rotatable bonds is 6. The molecule has 1 fully saturated rings. The molecular weight excluding hydrogens is 278 g/mol. The van der Waals surface area contributed by atoms with Gasteiger partial charge in [0.2, 0.25) is 5.91 Å². The van der Waals surface area contributed by atoms with Crippen molar-refractivity contribution in [3.8, 4) is 0 Å². The summed E-state index contributed by atoms with van der Waals surface area (Å²) in [5.74, 6) is -1.42. The van der Waals surface area contributed by atoms with Gasteiger partial charge in [-0.05, 0) is 24.3 Å². The lowest BCUT2D eigenvalue weighted by molar-refractivity contribution is -0.147. The van der Waals surface area contributed by atoms with E-state index in [1.165, 1.54) is 11.3 Å². The van der Waals surface area contributed by atoms with Gasteiger partial charge in [-0.2, -0.15) is 0 Å². The lowest BCUT2D eigenvalue weighted by Crippen LogP contribution is -2.52. The maximum Gasteiger partial charge on any atom is 0.329 e. The van der Waals surface area contributed by atoms with Gasteiger partial charge in [0, 0.05) is 12.8 Å². The molecule has 6 heteroatoms. The molecule has 1 aliphatic carbocycles. The van der Waals surface area contributed by atoms with Crippen LogP contribution in [0.1, 0.15) is 48.2 Å². The van der Waals surface area contributed by atoms with Gasteiger partial charge < -0.3 is 10.4 Å². The molecule has 108 valence electrons. The van der Waals surface area contributed by atoms with Gasteiger partial charge in [0.05, 0.1) is 4.88 Å². The first-order chi connectivity index (χ1) is 9.53. The van der Waals surface area contributed by atoms with Crippen LogP contribution in [0.2, 0.25) is 0 Å². The zero-order valence-electron chi connectivity index (χ0n) is 11.1. The molecule has 0 aliphatic heterocycles. The van der Waals surface area contributed by atoms with Crippen LogP contribution >= 0.6 is 11.3 Å². The Morgan fingerprint density at radius 2 is 1.95 bits per heavy atom. The molecule has 0 spiro atoms. The molecule has 5 nitrogen and oxygen atoms in total. The Labute approximate surface area is 121 Å². The molecule has 0 unspecified atom stereocenters. The first-order valence-electron chi connectivity index (χ1n) is 6.65. The number of carboxylic acids is 1. The second-order valence-corrected chi connectivity index (χ2v) is 5.99. The van der Waals surface area contributed by atoms with Gasteiger partial charge in [0.25, 0.3) is 0 Å². The summed E-state index contributed by atoms with van der Waals surface area (Å²) in [6.45, 7) is 0. The van der Waals surface area contributed by atoms with Crippen LogP contribution in [0.4, 0.5) is 0 Å². The van der Waals surface area contributed by atoms with E-state index in [4.69, 9.17) is 0 Å². The van der Waals surface area contributed by atoms with Crippen molar-refractivity contribution in [3.63, 3.8) is 0 Å². The molecule has 2 rings (SSSR count). The summed E-state index contributed by atoms with van der Waals surface area (Å²) in [4.78, 5) is 35.6. The molecule has 1 heterocycles. The maximum absolute atomic E-state index is 11.9. The van der Waals surface area contributed by atoms with Crippen molar-refractivity contribution in [2.45, 2.75) is 44.1 Å². The zero-order valence-corrected chi connectivity index (χ0v) is 11.9. The summed E-state index contributed by atoms with van der Waals surface area (Å²) >= 11 is 1.34. The highest BCUT2D eigenvalue weighted by molar-refractivity contribution is 7.12. The van der Waals surface area contributed by atoms with Crippen molar-refractivity contribution in [1.82, 2.24) is 5.32 Å². The molecule has 0 aromatic carbocycles. The van der Waals surface area contributed by atoms with Crippen molar-refractivity contribution in [1.29, 1.82) is 0 Å². The van der Waals surface area contributed by atoms with Gasteiger partial charge in [-0.15, -0.1) is 11.3 Å². The number of Topliss-reactive ketones (excluding diaryl/α,β-unsaturated/α-hetero) is 1. The molecule has 0 saturated heterocycles. The minimum Gasteiger partial charge on any atom is -0.480 e. The summed E-state index contributed by atoms with van der Waals surface area (Å²) in [6, 6.07) is 3.51. The van der Waals surface area contributed by atoms with E-state index in [-0.39, 0.29) is 24.5 Å². The fourth-order valence-electron chi connectivity index (χ4n) is 2.49. The summed E-state index contributed by atoms with van der Waals surface area (Å²) in [6.07, 6.45) is 2.69. The first kappa shape index (κ1) is 14.7. The normalized spacial score (nSPS) is 16.8. The van der Waals surface area contributed by atoms with Gasteiger partial charge in [-0.25, -0.2) is 4.79 Å². The van der Waals surface area contributed by atoms with E-state index in [2.05, 4.69) is 5.32 Å². The lowest BCUT2D eigenvalue weighted by atomic mass is 9.97. The van der Waals surface area contributed by atoms with Crippen LogP contribution < -0.4 is 5.32 Å². The third-order valence-electron chi connectivity index (χ3n) is 3.62. The lowest BCUT2D eigenvalue weighted by Gasteiger charge is -2.25. The summed E-state index contributed by atoms with van der Waals surface area (Å²) in [5.41, 5.74) is -1.12. The van der Waals surface area contributed by atoms with E-state index in [0.717, 1.165) is 12.8 Å². The van der Waals surface area contributed by atoms with Gasteiger partial charge in [0.15, 0.2) is 5.78 Å². The Balaban J connectivity index is 1.86. The second-order valence-electron chi connectivity index (χ2n) is 5.04. The quantitative estimate of drug-likeness (QED) is 0.788. The highest BCUT2D eigenvalue weighted by Crippen LogP contribution is 2.30. The third-order valence-corrected chi connectivity index (χ3v) is 4.53. The summed E-state index contributed by atoms with van der Waals surface area (Å²) < 4.78 is 0.